The minimum Gasteiger partial charge on any atom is -0.317 e. The second kappa shape index (κ2) is 4.56. The summed E-state index contributed by atoms with van der Waals surface area (Å²) in [7, 11) is 0. The number of rotatable bonds is 1. The van der Waals surface area contributed by atoms with Crippen molar-refractivity contribution >= 4 is 0 Å². The maximum atomic E-state index is 4.52. The van der Waals surface area contributed by atoms with Gasteiger partial charge >= 0.3 is 0 Å². The number of pyridine rings is 1. The molecule has 0 radical (unpaired) electrons. The summed E-state index contributed by atoms with van der Waals surface area (Å²) in [6.07, 6.45) is 5.71. The number of nitrogens with zero attached hydrogens (tertiary/aromatic N) is 1. The van der Waals surface area contributed by atoms with Gasteiger partial charge in [-0.25, -0.2) is 0 Å². The molecule has 0 bridgehead atoms. The van der Waals surface area contributed by atoms with Gasteiger partial charge in [-0.2, -0.15) is 0 Å². The van der Waals surface area contributed by atoms with E-state index in [0.717, 1.165) is 6.54 Å². The normalized spacial score (nSPS) is 23.1. The van der Waals surface area contributed by atoms with E-state index < -0.39 is 0 Å². The Labute approximate surface area is 85.7 Å². The fraction of sp³-hybridized carbons (Fsp3) is 0.583. The molecule has 0 aliphatic carbocycles. The van der Waals surface area contributed by atoms with E-state index in [4.69, 9.17) is 0 Å². The maximum Gasteiger partial charge on any atom is 0.0464 e. The van der Waals surface area contributed by atoms with Gasteiger partial charge in [-0.1, -0.05) is 6.07 Å². The maximum absolute atomic E-state index is 4.52. The Hall–Kier alpha value is -0.890. The molecular formula is C12H18N2. The fourth-order valence-corrected chi connectivity index (χ4v) is 2.22. The number of nitrogens with one attached hydrogen (secondary N) is 1. The van der Waals surface area contributed by atoms with Gasteiger partial charge in [0.15, 0.2) is 0 Å². The van der Waals surface area contributed by atoms with E-state index in [9.17, 15) is 0 Å². The summed E-state index contributed by atoms with van der Waals surface area (Å²) >= 11 is 0. The molecule has 0 amide bonds. The molecular weight excluding hydrogens is 172 g/mol. The zero-order chi connectivity index (χ0) is 9.80. The average molecular weight is 190 g/mol. The molecule has 1 N–H and O–H groups in total. The number of hydrogen-bond donors (Lipinski definition) is 1. The van der Waals surface area contributed by atoms with Crippen LogP contribution in [0.15, 0.2) is 18.3 Å². The Kier molecular flexibility index (Phi) is 3.14. The zero-order valence-corrected chi connectivity index (χ0v) is 8.79. The molecule has 2 heteroatoms. The van der Waals surface area contributed by atoms with Crippen molar-refractivity contribution < 1.29 is 0 Å². The Bertz CT molecular complexity index is 288. The first kappa shape index (κ1) is 9.66. The van der Waals surface area contributed by atoms with E-state index in [1.54, 1.807) is 0 Å². The molecule has 0 saturated carbocycles. The van der Waals surface area contributed by atoms with Crippen molar-refractivity contribution in [3.63, 3.8) is 0 Å². The van der Waals surface area contributed by atoms with E-state index >= 15 is 0 Å². The lowest BCUT2D eigenvalue weighted by molar-refractivity contribution is 0.590. The van der Waals surface area contributed by atoms with Crippen LogP contribution in [0.1, 0.15) is 36.4 Å². The third kappa shape index (κ3) is 2.13. The highest BCUT2D eigenvalue weighted by Gasteiger charge is 2.16. The van der Waals surface area contributed by atoms with Crippen LogP contribution in [-0.4, -0.2) is 18.1 Å². The third-order valence-electron chi connectivity index (χ3n) is 3.01. The topological polar surface area (TPSA) is 24.9 Å². The molecule has 1 unspecified atom stereocenters. The molecule has 1 aromatic rings. The second-order valence-corrected chi connectivity index (χ2v) is 4.08. The first-order valence-electron chi connectivity index (χ1n) is 5.50. The molecule has 1 aliphatic rings. The highest BCUT2D eigenvalue weighted by molar-refractivity contribution is 5.21. The van der Waals surface area contributed by atoms with Crippen molar-refractivity contribution in [2.45, 2.75) is 32.1 Å². The Morgan fingerprint density at radius 2 is 2.29 bits per heavy atom. The fourth-order valence-electron chi connectivity index (χ4n) is 2.22. The quantitative estimate of drug-likeness (QED) is 0.734. The summed E-state index contributed by atoms with van der Waals surface area (Å²) in [6.45, 7) is 4.48. The van der Waals surface area contributed by atoms with Crippen LogP contribution in [0.25, 0.3) is 0 Å². The van der Waals surface area contributed by atoms with Gasteiger partial charge in [0, 0.05) is 17.8 Å². The molecule has 2 heterocycles. The molecule has 1 fully saturated rings. The van der Waals surface area contributed by atoms with Crippen LogP contribution >= 0.6 is 0 Å². The average Bonchev–Trinajstić information content (AvgIpc) is 2.47. The van der Waals surface area contributed by atoms with Crippen molar-refractivity contribution in [2.24, 2.45) is 0 Å². The predicted octanol–water partition coefficient (Wildman–Crippen LogP) is 2.25. The van der Waals surface area contributed by atoms with Crippen molar-refractivity contribution in [3.8, 4) is 0 Å². The molecule has 0 spiro atoms. The molecule has 1 saturated heterocycles. The van der Waals surface area contributed by atoms with Crippen LogP contribution < -0.4 is 5.32 Å². The largest absolute Gasteiger partial charge is 0.317 e. The van der Waals surface area contributed by atoms with E-state index in [-0.39, 0.29) is 0 Å². The van der Waals surface area contributed by atoms with Crippen molar-refractivity contribution in [3.05, 3.63) is 29.6 Å². The van der Waals surface area contributed by atoms with Gasteiger partial charge in [0.1, 0.15) is 0 Å². The van der Waals surface area contributed by atoms with E-state index in [0.29, 0.717) is 5.92 Å². The zero-order valence-electron chi connectivity index (χ0n) is 8.79. The monoisotopic (exact) mass is 190 g/mol. The Morgan fingerprint density at radius 1 is 1.36 bits per heavy atom. The lowest BCUT2D eigenvalue weighted by atomic mass is 9.94. The predicted molar refractivity (Wildman–Crippen MR) is 58.4 cm³/mol. The lowest BCUT2D eigenvalue weighted by Gasteiger charge is -2.14. The standard InChI is InChI=1S/C12H18N2/c1-10-4-2-8-14-12(10)11-5-3-7-13-9-6-11/h2,4,8,11,13H,3,5-7,9H2,1H3. The van der Waals surface area contributed by atoms with Crippen LogP contribution in [0.4, 0.5) is 0 Å². The molecule has 76 valence electrons. The van der Waals surface area contributed by atoms with Crippen LogP contribution in [0.5, 0.6) is 0 Å². The van der Waals surface area contributed by atoms with Gasteiger partial charge in [-0.15, -0.1) is 0 Å². The smallest absolute Gasteiger partial charge is 0.0464 e. The van der Waals surface area contributed by atoms with Gasteiger partial charge in [0.05, 0.1) is 0 Å². The summed E-state index contributed by atoms with van der Waals surface area (Å²) in [4.78, 5) is 4.52. The molecule has 1 aromatic heterocycles. The molecule has 2 nitrogen and oxygen atoms in total. The number of hydrogen-bond acceptors (Lipinski definition) is 2. The molecule has 1 atom stereocenters. The summed E-state index contributed by atoms with van der Waals surface area (Å²) in [5.74, 6) is 0.672. The van der Waals surface area contributed by atoms with Crippen LogP contribution in [0.3, 0.4) is 0 Å². The van der Waals surface area contributed by atoms with E-state index in [1.807, 2.05) is 12.3 Å². The Morgan fingerprint density at radius 3 is 3.14 bits per heavy atom. The van der Waals surface area contributed by atoms with Crippen molar-refractivity contribution in [1.29, 1.82) is 0 Å². The molecule has 0 aromatic carbocycles. The third-order valence-corrected chi connectivity index (χ3v) is 3.01. The first-order chi connectivity index (χ1) is 6.88. The van der Waals surface area contributed by atoms with Crippen LogP contribution in [0.2, 0.25) is 0 Å². The SMILES string of the molecule is Cc1cccnc1C1CCCNCC1. The van der Waals surface area contributed by atoms with E-state index in [2.05, 4.69) is 23.3 Å². The Balaban J connectivity index is 2.16. The second-order valence-electron chi connectivity index (χ2n) is 4.08. The summed E-state index contributed by atoms with van der Waals surface area (Å²) in [5, 5.41) is 3.44. The lowest BCUT2D eigenvalue weighted by Crippen LogP contribution is -2.14. The van der Waals surface area contributed by atoms with Gasteiger partial charge in [-0.05, 0) is 50.9 Å². The molecule has 1 aliphatic heterocycles. The summed E-state index contributed by atoms with van der Waals surface area (Å²) in [5.41, 5.74) is 2.66. The number of aryl methyl sites for hydroxylation is 1. The van der Waals surface area contributed by atoms with Crippen molar-refractivity contribution in [1.82, 2.24) is 10.3 Å². The highest BCUT2D eigenvalue weighted by Crippen LogP contribution is 2.26. The summed E-state index contributed by atoms with van der Waals surface area (Å²) < 4.78 is 0. The minimum atomic E-state index is 0.672. The first-order valence-corrected chi connectivity index (χ1v) is 5.50. The van der Waals surface area contributed by atoms with Gasteiger partial charge < -0.3 is 5.32 Å². The molecule has 2 rings (SSSR count). The minimum absolute atomic E-state index is 0.672. The van der Waals surface area contributed by atoms with Crippen LogP contribution in [-0.2, 0) is 0 Å². The van der Waals surface area contributed by atoms with Gasteiger partial charge in [0.2, 0.25) is 0 Å². The van der Waals surface area contributed by atoms with Crippen molar-refractivity contribution in [2.75, 3.05) is 13.1 Å². The number of aromatic nitrogens is 1. The molecule has 14 heavy (non-hydrogen) atoms. The highest BCUT2D eigenvalue weighted by atomic mass is 14.9. The van der Waals surface area contributed by atoms with Gasteiger partial charge in [-0.3, -0.25) is 4.98 Å². The van der Waals surface area contributed by atoms with Crippen LogP contribution in [0, 0.1) is 6.92 Å². The van der Waals surface area contributed by atoms with E-state index in [1.165, 1.54) is 37.1 Å². The summed E-state index contributed by atoms with van der Waals surface area (Å²) in [6, 6.07) is 4.19. The van der Waals surface area contributed by atoms with Gasteiger partial charge in [0.25, 0.3) is 0 Å².